The van der Waals surface area contributed by atoms with Crippen molar-refractivity contribution in [1.82, 2.24) is 4.90 Å². The van der Waals surface area contributed by atoms with Gasteiger partial charge in [0.05, 0.1) is 12.3 Å². The van der Waals surface area contributed by atoms with E-state index in [1.54, 1.807) is 24.3 Å². The minimum absolute atomic E-state index is 0.00664. The molecule has 1 unspecified atom stereocenters. The summed E-state index contributed by atoms with van der Waals surface area (Å²) >= 11 is 0.729. The molecule has 128 valence electrons. The number of benzene rings is 1. The van der Waals surface area contributed by atoms with E-state index in [1.807, 2.05) is 11.8 Å². The van der Waals surface area contributed by atoms with E-state index in [4.69, 9.17) is 0 Å². The maximum atomic E-state index is 12.4. The molecule has 23 heavy (non-hydrogen) atoms. The number of anilines is 1. The summed E-state index contributed by atoms with van der Waals surface area (Å²) in [6.45, 7) is 2.89. The van der Waals surface area contributed by atoms with Gasteiger partial charge in [0.15, 0.2) is 0 Å². The van der Waals surface area contributed by atoms with Gasteiger partial charge in [0.1, 0.15) is 0 Å². The number of amides is 1. The number of nitrogens with one attached hydrogen (secondary N) is 1. The predicted octanol–water partition coefficient (Wildman–Crippen LogP) is 4.15. The Balaban J connectivity index is 1.93. The molecule has 1 aliphatic rings. The van der Waals surface area contributed by atoms with Crippen LogP contribution in [0.4, 0.5) is 18.9 Å². The van der Waals surface area contributed by atoms with Crippen LogP contribution in [0.15, 0.2) is 29.2 Å². The first kappa shape index (κ1) is 18.0. The average molecular weight is 346 g/mol. The Morgan fingerprint density at radius 3 is 2.78 bits per heavy atom. The second kappa shape index (κ2) is 7.95. The number of carbonyl (C=O) groups is 1. The third kappa shape index (κ3) is 5.64. The van der Waals surface area contributed by atoms with Gasteiger partial charge in [-0.2, -0.15) is 13.2 Å². The van der Waals surface area contributed by atoms with Gasteiger partial charge in [-0.25, -0.2) is 0 Å². The Bertz CT molecular complexity index is 536. The van der Waals surface area contributed by atoms with E-state index in [9.17, 15) is 18.0 Å². The smallest absolute Gasteiger partial charge is 0.375 e. The Hall–Kier alpha value is -1.37. The van der Waals surface area contributed by atoms with Crippen molar-refractivity contribution >= 4 is 23.4 Å². The molecule has 0 aromatic heterocycles. The van der Waals surface area contributed by atoms with Gasteiger partial charge in [-0.3, -0.25) is 4.79 Å². The van der Waals surface area contributed by atoms with Crippen molar-refractivity contribution < 1.29 is 18.0 Å². The van der Waals surface area contributed by atoms with E-state index < -0.39 is 11.9 Å². The molecule has 1 saturated heterocycles. The second-order valence-corrected chi connectivity index (χ2v) is 6.70. The number of alkyl halides is 3. The van der Waals surface area contributed by atoms with Crippen LogP contribution >= 0.6 is 11.8 Å². The average Bonchev–Trinajstić information content (AvgIpc) is 2.51. The summed E-state index contributed by atoms with van der Waals surface area (Å²) in [7, 11) is 0. The molecule has 1 N–H and O–H groups in total. The van der Waals surface area contributed by atoms with Crippen molar-refractivity contribution in [3.05, 3.63) is 24.3 Å². The molecule has 0 radical (unpaired) electrons. The van der Waals surface area contributed by atoms with Gasteiger partial charge in [-0.15, -0.1) is 11.8 Å². The SMILES string of the molecule is CC1CCCCN1C(=O)CNc1ccccc1SCC(F)(F)F. The fourth-order valence-corrected chi connectivity index (χ4v) is 3.43. The molecule has 1 aromatic carbocycles. The van der Waals surface area contributed by atoms with E-state index in [-0.39, 0.29) is 18.5 Å². The highest BCUT2D eigenvalue weighted by Gasteiger charge is 2.28. The van der Waals surface area contributed by atoms with Crippen LogP contribution in [-0.2, 0) is 4.79 Å². The number of hydrogen-bond donors (Lipinski definition) is 1. The third-order valence-corrected chi connectivity index (χ3v) is 4.97. The van der Waals surface area contributed by atoms with E-state index in [1.165, 1.54) is 0 Å². The molecule has 0 spiro atoms. The molecule has 1 aromatic rings. The van der Waals surface area contributed by atoms with Crippen molar-refractivity contribution in [1.29, 1.82) is 0 Å². The quantitative estimate of drug-likeness (QED) is 0.813. The summed E-state index contributed by atoms with van der Waals surface area (Å²) in [4.78, 5) is 14.6. The molecule has 0 saturated carbocycles. The second-order valence-electron chi connectivity index (χ2n) is 5.69. The lowest BCUT2D eigenvalue weighted by Crippen LogP contribution is -2.44. The van der Waals surface area contributed by atoms with E-state index in [0.29, 0.717) is 10.6 Å². The lowest BCUT2D eigenvalue weighted by Gasteiger charge is -2.33. The molecular weight excluding hydrogens is 325 g/mol. The number of rotatable bonds is 5. The van der Waals surface area contributed by atoms with Crippen LogP contribution in [0.25, 0.3) is 0 Å². The maximum absolute atomic E-state index is 12.4. The Morgan fingerprint density at radius 2 is 2.09 bits per heavy atom. The van der Waals surface area contributed by atoms with Gasteiger partial charge < -0.3 is 10.2 Å². The molecule has 2 rings (SSSR count). The summed E-state index contributed by atoms with van der Waals surface area (Å²) in [5, 5.41) is 2.99. The van der Waals surface area contributed by atoms with E-state index >= 15 is 0 Å². The molecule has 1 heterocycles. The summed E-state index contributed by atoms with van der Waals surface area (Å²) in [5.74, 6) is -0.948. The molecule has 1 amide bonds. The zero-order valence-corrected chi connectivity index (χ0v) is 13.8. The Morgan fingerprint density at radius 1 is 1.35 bits per heavy atom. The first-order chi connectivity index (χ1) is 10.9. The topological polar surface area (TPSA) is 32.3 Å². The van der Waals surface area contributed by atoms with Gasteiger partial charge in [-0.1, -0.05) is 12.1 Å². The molecule has 1 fully saturated rings. The van der Waals surface area contributed by atoms with Crippen LogP contribution in [0.1, 0.15) is 26.2 Å². The molecule has 7 heteroatoms. The number of halogens is 3. The van der Waals surface area contributed by atoms with Crippen molar-refractivity contribution in [3.63, 3.8) is 0 Å². The van der Waals surface area contributed by atoms with E-state index in [0.717, 1.165) is 37.6 Å². The minimum atomic E-state index is -4.21. The third-order valence-electron chi connectivity index (χ3n) is 3.83. The number of hydrogen-bond acceptors (Lipinski definition) is 3. The van der Waals surface area contributed by atoms with Gasteiger partial charge in [0.25, 0.3) is 0 Å². The summed E-state index contributed by atoms with van der Waals surface area (Å²) in [6.07, 6.45) is -1.07. The lowest BCUT2D eigenvalue weighted by atomic mass is 10.0. The first-order valence-corrected chi connectivity index (χ1v) is 8.67. The highest BCUT2D eigenvalue weighted by atomic mass is 32.2. The van der Waals surface area contributed by atoms with Crippen LogP contribution in [-0.4, -0.2) is 41.9 Å². The minimum Gasteiger partial charge on any atom is -0.375 e. The van der Waals surface area contributed by atoms with Crippen LogP contribution in [0, 0.1) is 0 Å². The highest BCUT2D eigenvalue weighted by Crippen LogP contribution is 2.32. The van der Waals surface area contributed by atoms with Gasteiger partial charge in [0.2, 0.25) is 5.91 Å². The number of nitrogens with zero attached hydrogens (tertiary/aromatic N) is 1. The standard InChI is InChI=1S/C16H21F3N2OS/c1-12-6-4-5-9-21(12)15(22)10-20-13-7-2-3-8-14(13)23-11-16(17,18)19/h2-3,7-8,12,20H,4-6,9-11H2,1H3. The number of likely N-dealkylation sites (tertiary alicyclic amines) is 1. The summed E-state index contributed by atoms with van der Waals surface area (Å²) in [6, 6.07) is 7.00. The van der Waals surface area contributed by atoms with Gasteiger partial charge in [-0.05, 0) is 38.3 Å². The molecule has 0 bridgehead atoms. The van der Waals surface area contributed by atoms with Crippen LogP contribution in [0.3, 0.4) is 0 Å². The zero-order chi connectivity index (χ0) is 16.9. The molecular formula is C16H21F3N2OS. The number of para-hydroxylation sites is 1. The molecule has 0 aliphatic carbocycles. The molecule has 1 aliphatic heterocycles. The zero-order valence-electron chi connectivity index (χ0n) is 13.0. The Kier molecular flexibility index (Phi) is 6.21. The fourth-order valence-electron chi connectivity index (χ4n) is 2.64. The Labute approximate surface area is 138 Å². The van der Waals surface area contributed by atoms with Crippen molar-refractivity contribution in [2.75, 3.05) is 24.2 Å². The number of piperidine rings is 1. The summed E-state index contributed by atoms with van der Waals surface area (Å²) < 4.78 is 37.1. The van der Waals surface area contributed by atoms with Crippen LogP contribution < -0.4 is 5.32 Å². The predicted molar refractivity (Wildman–Crippen MR) is 86.7 cm³/mol. The number of thioether (sulfide) groups is 1. The lowest BCUT2D eigenvalue weighted by molar-refractivity contribution is -0.132. The van der Waals surface area contributed by atoms with Gasteiger partial charge in [0, 0.05) is 23.2 Å². The molecule has 3 nitrogen and oxygen atoms in total. The van der Waals surface area contributed by atoms with Crippen molar-refractivity contribution in [2.24, 2.45) is 0 Å². The van der Waals surface area contributed by atoms with Crippen LogP contribution in [0.5, 0.6) is 0 Å². The van der Waals surface area contributed by atoms with Crippen molar-refractivity contribution in [2.45, 2.75) is 43.3 Å². The normalized spacial score (nSPS) is 18.8. The largest absolute Gasteiger partial charge is 0.398 e. The fraction of sp³-hybridized carbons (Fsp3) is 0.562. The summed E-state index contributed by atoms with van der Waals surface area (Å²) in [5.41, 5.74) is 0.569. The monoisotopic (exact) mass is 346 g/mol. The number of carbonyl (C=O) groups excluding carboxylic acids is 1. The van der Waals surface area contributed by atoms with Crippen LogP contribution in [0.2, 0.25) is 0 Å². The van der Waals surface area contributed by atoms with Gasteiger partial charge >= 0.3 is 6.18 Å². The molecule has 1 atom stereocenters. The first-order valence-electron chi connectivity index (χ1n) is 7.69. The maximum Gasteiger partial charge on any atom is 0.398 e. The van der Waals surface area contributed by atoms with E-state index in [2.05, 4.69) is 5.32 Å². The highest BCUT2D eigenvalue weighted by molar-refractivity contribution is 7.99. The van der Waals surface area contributed by atoms with Crippen molar-refractivity contribution in [3.8, 4) is 0 Å².